The van der Waals surface area contributed by atoms with Crippen molar-refractivity contribution >= 4 is 11.9 Å². The van der Waals surface area contributed by atoms with Gasteiger partial charge in [0.15, 0.2) is 0 Å². The third kappa shape index (κ3) is 17.4. The minimum absolute atomic E-state index is 0. The van der Waals surface area contributed by atoms with Gasteiger partial charge in [-0.15, -0.1) is 0 Å². The van der Waals surface area contributed by atoms with E-state index in [9.17, 15) is 19.8 Å². The van der Waals surface area contributed by atoms with Crippen LogP contribution in [0.1, 0.15) is 66.2 Å². The molecule has 0 saturated heterocycles. The van der Waals surface area contributed by atoms with E-state index in [-0.39, 0.29) is 28.3 Å². The summed E-state index contributed by atoms with van der Waals surface area (Å²) in [6.07, 6.45) is 5.57. The van der Waals surface area contributed by atoms with Gasteiger partial charge in [0, 0.05) is 11.9 Å². The molecular formula is C14H26NiO4. The van der Waals surface area contributed by atoms with Crippen LogP contribution in [0.3, 0.4) is 0 Å². The van der Waals surface area contributed by atoms with Gasteiger partial charge in [-0.2, -0.15) is 0 Å². The Labute approximate surface area is 126 Å². The number of carboxylic acids is 2. The molecule has 0 aromatic heterocycles. The maximum Gasteiger partial charge on any atom is 2.00 e. The summed E-state index contributed by atoms with van der Waals surface area (Å²) < 4.78 is 0. The van der Waals surface area contributed by atoms with Crippen molar-refractivity contribution in [3.05, 3.63) is 0 Å². The Hall–Kier alpha value is -0.566. The standard InChI is InChI=1S/2C7H14O2.Ni/c2*1-3-4-5-6(2)7(8)9;/h2*6H,3-5H2,1-2H3,(H,8,9);/q;;+2/p-2. The fraction of sp³-hybridized carbons (Fsp3) is 0.857. The van der Waals surface area contributed by atoms with E-state index in [4.69, 9.17) is 0 Å². The first-order valence-corrected chi connectivity index (χ1v) is 6.78. The first kappa shape index (κ1) is 23.5. The van der Waals surface area contributed by atoms with Gasteiger partial charge in [0.2, 0.25) is 0 Å². The van der Waals surface area contributed by atoms with Crippen LogP contribution in [0.15, 0.2) is 0 Å². The molecule has 0 aliphatic heterocycles. The molecule has 0 aromatic carbocycles. The van der Waals surface area contributed by atoms with Crippen molar-refractivity contribution in [2.75, 3.05) is 0 Å². The zero-order valence-corrected chi connectivity index (χ0v) is 13.3. The second-order valence-corrected chi connectivity index (χ2v) is 4.72. The zero-order valence-electron chi connectivity index (χ0n) is 12.3. The minimum atomic E-state index is -0.927. The molecule has 116 valence electrons. The van der Waals surface area contributed by atoms with E-state index in [1.54, 1.807) is 13.8 Å². The van der Waals surface area contributed by atoms with Crippen molar-refractivity contribution in [3.8, 4) is 0 Å². The van der Waals surface area contributed by atoms with Gasteiger partial charge in [-0.25, -0.2) is 0 Å². The van der Waals surface area contributed by atoms with Gasteiger partial charge in [-0.3, -0.25) is 0 Å². The minimum Gasteiger partial charge on any atom is -0.550 e. The first-order chi connectivity index (χ1) is 8.36. The third-order valence-electron chi connectivity index (χ3n) is 2.79. The molecule has 4 nitrogen and oxygen atoms in total. The molecule has 0 bridgehead atoms. The number of rotatable bonds is 8. The molecule has 0 saturated carbocycles. The smallest absolute Gasteiger partial charge is 0.550 e. The fourth-order valence-electron chi connectivity index (χ4n) is 1.26. The molecule has 0 heterocycles. The molecule has 0 aromatic rings. The molecule has 0 spiro atoms. The number of unbranched alkanes of at least 4 members (excludes halogenated alkanes) is 2. The normalized spacial score (nSPS) is 12.4. The molecule has 19 heavy (non-hydrogen) atoms. The first-order valence-electron chi connectivity index (χ1n) is 6.78. The molecule has 0 radical (unpaired) electrons. The second kappa shape index (κ2) is 15.5. The molecule has 5 heteroatoms. The Morgan fingerprint density at radius 1 is 0.842 bits per heavy atom. The molecular weight excluding hydrogens is 291 g/mol. The predicted octanol–water partition coefficient (Wildman–Crippen LogP) is 1.12. The fourth-order valence-corrected chi connectivity index (χ4v) is 1.26. The van der Waals surface area contributed by atoms with Gasteiger partial charge < -0.3 is 19.8 Å². The van der Waals surface area contributed by atoms with E-state index in [0.717, 1.165) is 38.5 Å². The van der Waals surface area contributed by atoms with Gasteiger partial charge in [-0.1, -0.05) is 53.4 Å². The van der Waals surface area contributed by atoms with Gasteiger partial charge in [0.25, 0.3) is 0 Å². The number of aliphatic carboxylic acids is 2. The largest absolute Gasteiger partial charge is 2.00 e. The summed E-state index contributed by atoms with van der Waals surface area (Å²) >= 11 is 0. The number of carboxylic acid groups (broad SMARTS) is 2. The summed E-state index contributed by atoms with van der Waals surface area (Å²) in [6.45, 7) is 7.46. The molecule has 2 atom stereocenters. The number of carbonyl (C=O) groups excluding carboxylic acids is 2. The number of hydrogen-bond donors (Lipinski definition) is 0. The predicted molar refractivity (Wildman–Crippen MR) is 67.4 cm³/mol. The van der Waals surface area contributed by atoms with Crippen LogP contribution in [0, 0.1) is 11.8 Å². The van der Waals surface area contributed by atoms with Crippen LogP contribution in [0.4, 0.5) is 0 Å². The number of carbonyl (C=O) groups is 2. The zero-order chi connectivity index (χ0) is 14.6. The maximum absolute atomic E-state index is 10.1. The summed E-state index contributed by atoms with van der Waals surface area (Å²) in [4.78, 5) is 20.2. The van der Waals surface area contributed by atoms with Crippen LogP contribution >= 0.6 is 0 Å². The van der Waals surface area contributed by atoms with Crippen molar-refractivity contribution < 1.29 is 36.3 Å². The quantitative estimate of drug-likeness (QED) is 0.628. The summed E-state index contributed by atoms with van der Waals surface area (Å²) in [5.74, 6) is -2.40. The Kier molecular flexibility index (Phi) is 19.2. The van der Waals surface area contributed by atoms with E-state index in [1.807, 2.05) is 13.8 Å². The van der Waals surface area contributed by atoms with Crippen molar-refractivity contribution in [3.63, 3.8) is 0 Å². The molecule has 0 amide bonds. The van der Waals surface area contributed by atoms with E-state index in [0.29, 0.717) is 0 Å². The van der Waals surface area contributed by atoms with E-state index < -0.39 is 11.9 Å². The van der Waals surface area contributed by atoms with Crippen LogP contribution < -0.4 is 10.2 Å². The van der Waals surface area contributed by atoms with Crippen LogP contribution in [0.2, 0.25) is 0 Å². The van der Waals surface area contributed by atoms with Gasteiger partial charge >= 0.3 is 16.5 Å². The van der Waals surface area contributed by atoms with Crippen LogP contribution in [0.5, 0.6) is 0 Å². The van der Waals surface area contributed by atoms with Crippen LogP contribution in [-0.4, -0.2) is 11.9 Å². The van der Waals surface area contributed by atoms with E-state index in [2.05, 4.69) is 0 Å². The third-order valence-corrected chi connectivity index (χ3v) is 2.79. The van der Waals surface area contributed by atoms with Crippen LogP contribution in [0.25, 0.3) is 0 Å². The summed E-state index contributed by atoms with van der Waals surface area (Å²) in [6, 6.07) is 0. The average Bonchev–Trinajstić information content (AvgIpc) is 2.33. The summed E-state index contributed by atoms with van der Waals surface area (Å²) in [7, 11) is 0. The molecule has 0 fully saturated rings. The van der Waals surface area contributed by atoms with E-state index >= 15 is 0 Å². The molecule has 0 aliphatic carbocycles. The monoisotopic (exact) mass is 316 g/mol. The average molecular weight is 317 g/mol. The van der Waals surface area contributed by atoms with Crippen molar-refractivity contribution in [1.82, 2.24) is 0 Å². The van der Waals surface area contributed by atoms with Crippen molar-refractivity contribution in [2.24, 2.45) is 11.8 Å². The molecule has 2 unspecified atom stereocenters. The number of hydrogen-bond acceptors (Lipinski definition) is 4. The SMILES string of the molecule is CCCCC(C)C(=O)[O-].CCCCC(C)C(=O)[O-].[Ni+2]. The Bertz CT molecular complexity index is 207. The molecule has 0 rings (SSSR count). The second-order valence-electron chi connectivity index (χ2n) is 4.72. The summed E-state index contributed by atoms with van der Waals surface area (Å²) in [5.41, 5.74) is 0. The van der Waals surface area contributed by atoms with Gasteiger partial charge in [-0.05, 0) is 24.7 Å². The van der Waals surface area contributed by atoms with E-state index in [1.165, 1.54) is 0 Å². The Morgan fingerprint density at radius 3 is 1.26 bits per heavy atom. The molecule has 0 aliphatic rings. The van der Waals surface area contributed by atoms with Crippen molar-refractivity contribution in [1.29, 1.82) is 0 Å². The Morgan fingerprint density at radius 2 is 1.11 bits per heavy atom. The summed E-state index contributed by atoms with van der Waals surface area (Å²) in [5, 5.41) is 20.2. The van der Waals surface area contributed by atoms with Crippen LogP contribution in [-0.2, 0) is 26.1 Å². The van der Waals surface area contributed by atoms with Gasteiger partial charge in [0.05, 0.1) is 0 Å². The Balaban J connectivity index is -0.000000256. The van der Waals surface area contributed by atoms with Gasteiger partial charge in [0.1, 0.15) is 0 Å². The topological polar surface area (TPSA) is 80.3 Å². The maximum atomic E-state index is 10.1. The molecule has 0 N–H and O–H groups in total. The van der Waals surface area contributed by atoms with Crippen molar-refractivity contribution in [2.45, 2.75) is 66.2 Å².